The highest BCUT2D eigenvalue weighted by Gasteiger charge is 2.22. The van der Waals surface area contributed by atoms with Crippen LogP contribution in [-0.4, -0.2) is 41.0 Å². The zero-order chi connectivity index (χ0) is 17.8. The third-order valence-corrected chi connectivity index (χ3v) is 5.56. The second-order valence-corrected chi connectivity index (χ2v) is 7.85. The molecule has 0 bridgehead atoms. The Hall–Kier alpha value is -2.13. The Labute approximate surface area is 153 Å². The van der Waals surface area contributed by atoms with Crippen molar-refractivity contribution in [2.75, 3.05) is 23.5 Å². The normalized spacial score (nSPS) is 13.4. The molecule has 1 amide bonds. The van der Waals surface area contributed by atoms with E-state index >= 15 is 0 Å². The lowest BCUT2D eigenvalue weighted by molar-refractivity contribution is -0.113. The minimum atomic E-state index is -0.436. The van der Waals surface area contributed by atoms with Crippen LogP contribution in [0.5, 0.6) is 0 Å². The zero-order valence-corrected chi connectivity index (χ0v) is 15.5. The summed E-state index contributed by atoms with van der Waals surface area (Å²) >= 11 is 2.79. The average molecular weight is 378 g/mol. The summed E-state index contributed by atoms with van der Waals surface area (Å²) in [5, 5.41) is 15.0. The number of ether oxygens (including phenoxy) is 1. The lowest BCUT2D eigenvalue weighted by atomic mass is 10.1. The van der Waals surface area contributed by atoms with E-state index in [1.54, 1.807) is 18.2 Å². The molecule has 0 spiro atoms. The predicted octanol–water partition coefficient (Wildman–Crippen LogP) is 2.94. The third-order valence-electron chi connectivity index (χ3n) is 3.57. The van der Waals surface area contributed by atoms with Crippen molar-refractivity contribution >= 4 is 45.8 Å². The molecule has 1 aliphatic rings. The number of nitrogens with zero attached hydrogens (tertiary/aromatic N) is 2. The van der Waals surface area contributed by atoms with Crippen molar-refractivity contribution in [1.29, 1.82) is 0 Å². The van der Waals surface area contributed by atoms with Crippen molar-refractivity contribution in [3.8, 4) is 0 Å². The Morgan fingerprint density at radius 2 is 2.16 bits per heavy atom. The Morgan fingerprint density at radius 1 is 1.36 bits per heavy atom. The van der Waals surface area contributed by atoms with Gasteiger partial charge in [0.05, 0.1) is 18.4 Å². The molecule has 2 aromatic rings. The first-order chi connectivity index (χ1) is 12.0. The molecule has 1 aromatic heterocycles. The average Bonchev–Trinajstić information content (AvgIpc) is 3.30. The SMILES string of the molecule is COC(=O)c1ccc(C)c(NC(=O)CSc2nnc(NC3CC3)s2)c1. The molecule has 9 heteroatoms. The number of amides is 1. The van der Waals surface area contributed by atoms with Gasteiger partial charge < -0.3 is 15.4 Å². The lowest BCUT2D eigenvalue weighted by Crippen LogP contribution is -2.15. The lowest BCUT2D eigenvalue weighted by Gasteiger charge is -2.09. The summed E-state index contributed by atoms with van der Waals surface area (Å²) in [7, 11) is 1.32. The fourth-order valence-electron chi connectivity index (χ4n) is 2.04. The highest BCUT2D eigenvalue weighted by Crippen LogP contribution is 2.30. The smallest absolute Gasteiger partial charge is 0.337 e. The monoisotopic (exact) mass is 378 g/mol. The van der Waals surface area contributed by atoms with Crippen molar-refractivity contribution in [3.63, 3.8) is 0 Å². The number of hydrogen-bond acceptors (Lipinski definition) is 8. The van der Waals surface area contributed by atoms with E-state index in [1.165, 1.54) is 43.1 Å². The molecule has 1 heterocycles. The molecule has 1 aliphatic carbocycles. The van der Waals surface area contributed by atoms with Crippen LogP contribution in [0.3, 0.4) is 0 Å². The van der Waals surface area contributed by atoms with Crippen LogP contribution in [0.1, 0.15) is 28.8 Å². The van der Waals surface area contributed by atoms with Crippen molar-refractivity contribution in [1.82, 2.24) is 10.2 Å². The number of aromatic nitrogens is 2. The molecule has 0 unspecified atom stereocenters. The molecule has 0 radical (unpaired) electrons. The molecule has 132 valence electrons. The van der Waals surface area contributed by atoms with Crippen molar-refractivity contribution in [3.05, 3.63) is 29.3 Å². The molecule has 1 aromatic carbocycles. The summed E-state index contributed by atoms with van der Waals surface area (Å²) in [5.74, 6) is -0.378. The highest BCUT2D eigenvalue weighted by atomic mass is 32.2. The first kappa shape index (κ1) is 17.7. The van der Waals surface area contributed by atoms with E-state index in [0.717, 1.165) is 15.0 Å². The Morgan fingerprint density at radius 3 is 2.88 bits per heavy atom. The Bertz CT molecular complexity index is 789. The van der Waals surface area contributed by atoms with Crippen LogP contribution in [-0.2, 0) is 9.53 Å². The van der Waals surface area contributed by atoms with Gasteiger partial charge in [0.25, 0.3) is 0 Å². The van der Waals surface area contributed by atoms with Gasteiger partial charge in [0, 0.05) is 11.7 Å². The molecular formula is C16H18N4O3S2. The maximum Gasteiger partial charge on any atom is 0.337 e. The van der Waals surface area contributed by atoms with Gasteiger partial charge in [0.15, 0.2) is 4.34 Å². The first-order valence-corrected chi connectivity index (χ1v) is 9.57. The first-order valence-electron chi connectivity index (χ1n) is 7.77. The molecule has 7 nitrogen and oxygen atoms in total. The molecule has 25 heavy (non-hydrogen) atoms. The summed E-state index contributed by atoms with van der Waals surface area (Å²) in [4.78, 5) is 23.8. The van der Waals surface area contributed by atoms with Crippen molar-refractivity contribution in [2.24, 2.45) is 0 Å². The number of hydrogen-bond donors (Lipinski definition) is 2. The molecular weight excluding hydrogens is 360 g/mol. The quantitative estimate of drug-likeness (QED) is 0.565. The molecule has 1 saturated carbocycles. The van der Waals surface area contributed by atoms with E-state index in [1.807, 2.05) is 6.92 Å². The van der Waals surface area contributed by atoms with Crippen LogP contribution in [0.25, 0.3) is 0 Å². The molecule has 2 N–H and O–H groups in total. The van der Waals surface area contributed by atoms with Crippen molar-refractivity contribution < 1.29 is 14.3 Å². The third kappa shape index (κ3) is 4.93. The highest BCUT2D eigenvalue weighted by molar-refractivity contribution is 8.01. The van der Waals surface area contributed by atoms with Crippen LogP contribution in [0, 0.1) is 6.92 Å². The van der Waals surface area contributed by atoms with Gasteiger partial charge >= 0.3 is 5.97 Å². The number of anilines is 2. The van der Waals surface area contributed by atoms with Gasteiger partial charge in [-0.1, -0.05) is 29.2 Å². The fourth-order valence-corrected chi connectivity index (χ4v) is 3.67. The number of rotatable bonds is 7. The van der Waals surface area contributed by atoms with E-state index < -0.39 is 5.97 Å². The largest absolute Gasteiger partial charge is 0.465 e. The standard InChI is InChI=1S/C16H18N4O3S2/c1-9-3-4-10(14(22)23-2)7-12(9)18-13(21)8-24-16-20-19-15(25-16)17-11-5-6-11/h3-4,7,11H,5-6,8H2,1-2H3,(H,17,19)(H,18,21). The summed E-state index contributed by atoms with van der Waals surface area (Å²) in [6.07, 6.45) is 2.35. The minimum absolute atomic E-state index is 0.165. The molecule has 0 aliphatic heterocycles. The summed E-state index contributed by atoms with van der Waals surface area (Å²) in [6.45, 7) is 1.87. The number of thioether (sulfide) groups is 1. The van der Waals surface area contributed by atoms with Crippen LogP contribution in [0.4, 0.5) is 10.8 Å². The molecule has 1 fully saturated rings. The van der Waals surface area contributed by atoms with Crippen molar-refractivity contribution in [2.45, 2.75) is 30.1 Å². The summed E-state index contributed by atoms with van der Waals surface area (Å²) in [5.41, 5.74) is 1.87. The maximum atomic E-state index is 12.2. The number of methoxy groups -OCH3 is 1. The van der Waals surface area contributed by atoms with Crippen LogP contribution >= 0.6 is 23.1 Å². The summed E-state index contributed by atoms with van der Waals surface area (Å²) < 4.78 is 5.45. The van der Waals surface area contributed by atoms with E-state index in [4.69, 9.17) is 4.74 Å². The van der Waals surface area contributed by atoms with Gasteiger partial charge in [0.1, 0.15) is 0 Å². The Kier molecular flexibility index (Phi) is 5.54. The van der Waals surface area contributed by atoms with Crippen LogP contribution in [0.2, 0.25) is 0 Å². The van der Waals surface area contributed by atoms with Gasteiger partial charge in [0.2, 0.25) is 11.0 Å². The van der Waals surface area contributed by atoms with Crippen LogP contribution in [0.15, 0.2) is 22.5 Å². The molecule has 3 rings (SSSR count). The second kappa shape index (κ2) is 7.83. The van der Waals surface area contributed by atoms with E-state index in [0.29, 0.717) is 17.3 Å². The number of aryl methyl sites for hydroxylation is 1. The van der Waals surface area contributed by atoms with Gasteiger partial charge in [-0.15, -0.1) is 10.2 Å². The van der Waals surface area contributed by atoms with Gasteiger partial charge in [-0.3, -0.25) is 4.79 Å². The second-order valence-electron chi connectivity index (χ2n) is 5.65. The van der Waals surface area contributed by atoms with Gasteiger partial charge in [-0.05, 0) is 37.5 Å². The zero-order valence-electron chi connectivity index (χ0n) is 13.9. The Balaban J connectivity index is 1.55. The number of carbonyl (C=O) groups excluding carboxylic acids is 2. The fraction of sp³-hybridized carbons (Fsp3) is 0.375. The number of nitrogens with one attached hydrogen (secondary N) is 2. The van der Waals surface area contributed by atoms with Gasteiger partial charge in [-0.2, -0.15) is 0 Å². The number of esters is 1. The van der Waals surface area contributed by atoms with E-state index in [2.05, 4.69) is 20.8 Å². The summed E-state index contributed by atoms with van der Waals surface area (Å²) in [6, 6.07) is 5.59. The number of carbonyl (C=O) groups is 2. The molecule has 0 saturated heterocycles. The van der Waals surface area contributed by atoms with E-state index in [9.17, 15) is 9.59 Å². The minimum Gasteiger partial charge on any atom is -0.465 e. The maximum absolute atomic E-state index is 12.2. The van der Waals surface area contributed by atoms with Crippen LogP contribution < -0.4 is 10.6 Å². The predicted molar refractivity (Wildman–Crippen MR) is 98.4 cm³/mol. The van der Waals surface area contributed by atoms with E-state index in [-0.39, 0.29) is 11.7 Å². The number of benzene rings is 1. The van der Waals surface area contributed by atoms with Gasteiger partial charge in [-0.25, -0.2) is 4.79 Å². The molecule has 0 atom stereocenters. The topological polar surface area (TPSA) is 93.2 Å².